The molecule has 26 N–H and O–H groups in total. The molecule has 0 spiro atoms. The van der Waals surface area contributed by atoms with Crippen molar-refractivity contribution in [2.75, 3.05) is 52.9 Å². The molecule has 0 bridgehead atoms. The highest BCUT2D eigenvalue weighted by molar-refractivity contribution is 5.73. The summed E-state index contributed by atoms with van der Waals surface area (Å²) in [5.41, 5.74) is 0. The molecule has 8 rings (SSSR count). The molecule has 0 saturated carbocycles. The van der Waals surface area contributed by atoms with Crippen molar-refractivity contribution in [2.24, 2.45) is 0 Å². The first-order chi connectivity index (χ1) is 45.0. The highest BCUT2D eigenvalue weighted by Gasteiger charge is 2.60. The summed E-state index contributed by atoms with van der Waals surface area (Å²) in [5, 5.41) is 266. The maximum Gasteiger partial charge on any atom is 0.217 e. The Morgan fingerprint density at radius 3 is 1.00 bits per heavy atom. The smallest absolute Gasteiger partial charge is 0.217 e. The molecular formula is C52H88N2O41. The van der Waals surface area contributed by atoms with Gasteiger partial charge in [-0.15, -0.1) is 0 Å². The van der Waals surface area contributed by atoms with Crippen LogP contribution in [0.3, 0.4) is 0 Å². The zero-order chi connectivity index (χ0) is 69.9. The minimum Gasteiger partial charge on any atom is -0.394 e. The second kappa shape index (κ2) is 33.9. The van der Waals surface area contributed by atoms with Gasteiger partial charge in [0.15, 0.2) is 50.3 Å². The molecule has 0 unspecified atom stereocenters. The van der Waals surface area contributed by atoms with Gasteiger partial charge < -0.3 is 204 Å². The topological polar surface area (TPSA) is 682 Å². The van der Waals surface area contributed by atoms with E-state index in [4.69, 9.17) is 71.1 Å². The first kappa shape index (κ1) is 78.1. The summed E-state index contributed by atoms with van der Waals surface area (Å²) in [6, 6.07) is -3.47. The van der Waals surface area contributed by atoms with Gasteiger partial charge >= 0.3 is 0 Å². The van der Waals surface area contributed by atoms with E-state index in [0.29, 0.717) is 0 Å². The van der Waals surface area contributed by atoms with Gasteiger partial charge in [-0.3, -0.25) is 9.59 Å². The van der Waals surface area contributed by atoms with Gasteiger partial charge in [0.1, 0.15) is 195 Å². The number of carbonyl (C=O) groups is 2. The molecule has 8 saturated heterocycles. The predicted molar refractivity (Wildman–Crippen MR) is 288 cm³/mol. The van der Waals surface area contributed by atoms with Crippen LogP contribution in [0.1, 0.15) is 13.8 Å². The number of amides is 2. The van der Waals surface area contributed by atoms with Crippen molar-refractivity contribution in [3.63, 3.8) is 0 Å². The first-order valence-corrected chi connectivity index (χ1v) is 30.1. The second-order valence-electron chi connectivity index (χ2n) is 23.9. The van der Waals surface area contributed by atoms with Crippen LogP contribution in [0.25, 0.3) is 0 Å². The van der Waals surface area contributed by atoms with E-state index in [1.807, 2.05) is 0 Å². The van der Waals surface area contributed by atoms with E-state index in [1.165, 1.54) is 0 Å². The number of hydrogen-bond donors (Lipinski definition) is 26. The van der Waals surface area contributed by atoms with Gasteiger partial charge in [0, 0.05) is 13.8 Å². The highest BCUT2D eigenvalue weighted by atomic mass is 16.8. The zero-order valence-electron chi connectivity index (χ0n) is 50.4. The minimum atomic E-state index is -2.47. The minimum absolute atomic E-state index is 0.763. The third kappa shape index (κ3) is 16.8. The molecule has 0 aromatic carbocycles. The van der Waals surface area contributed by atoms with E-state index in [1.54, 1.807) is 0 Å². The molecule has 552 valence electrons. The quantitative estimate of drug-likeness (QED) is 0.0427. The van der Waals surface area contributed by atoms with Crippen LogP contribution in [0.5, 0.6) is 0 Å². The van der Waals surface area contributed by atoms with Crippen molar-refractivity contribution in [1.29, 1.82) is 0 Å². The van der Waals surface area contributed by atoms with Crippen molar-refractivity contribution in [1.82, 2.24) is 10.6 Å². The van der Waals surface area contributed by atoms with Gasteiger partial charge in [-0.2, -0.15) is 0 Å². The van der Waals surface area contributed by atoms with E-state index in [0.717, 1.165) is 13.8 Å². The number of hydrogen-bond acceptors (Lipinski definition) is 41. The normalized spacial score (nSPS) is 50.8. The Hall–Kier alpha value is -2.62. The highest BCUT2D eigenvalue weighted by Crippen LogP contribution is 2.39. The third-order valence-electron chi connectivity index (χ3n) is 17.4. The van der Waals surface area contributed by atoms with Gasteiger partial charge in [0.05, 0.1) is 52.9 Å². The van der Waals surface area contributed by atoms with E-state index < -0.39 is 310 Å². The molecule has 0 aromatic rings. The molecule has 43 heteroatoms. The molecule has 8 aliphatic heterocycles. The number of carbonyl (C=O) groups excluding carboxylic acids is 2. The fraction of sp³-hybridized carbons (Fsp3) is 0.962. The van der Waals surface area contributed by atoms with Crippen LogP contribution in [0.15, 0.2) is 0 Å². The molecule has 8 aliphatic rings. The van der Waals surface area contributed by atoms with Crippen LogP contribution < -0.4 is 10.6 Å². The summed E-state index contributed by atoms with van der Waals surface area (Å²) in [7, 11) is 0. The molecular weight excluding hydrogens is 1310 g/mol. The lowest BCUT2D eigenvalue weighted by molar-refractivity contribution is -0.400. The Kier molecular flexibility index (Phi) is 27.9. The van der Waals surface area contributed by atoms with Crippen LogP contribution in [0, 0.1) is 0 Å². The Morgan fingerprint density at radius 1 is 0.274 bits per heavy atom. The number of nitrogens with one attached hydrogen (secondary N) is 2. The van der Waals surface area contributed by atoms with Gasteiger partial charge in [-0.1, -0.05) is 0 Å². The van der Waals surface area contributed by atoms with Crippen LogP contribution >= 0.6 is 0 Å². The van der Waals surface area contributed by atoms with Crippen molar-refractivity contribution < 1.29 is 203 Å². The van der Waals surface area contributed by atoms with E-state index in [-0.39, 0.29) is 0 Å². The number of ether oxygens (including phenoxy) is 15. The predicted octanol–water partition coefficient (Wildman–Crippen LogP) is -18.2. The van der Waals surface area contributed by atoms with Gasteiger partial charge in [0.2, 0.25) is 11.8 Å². The summed E-state index contributed by atoms with van der Waals surface area (Å²) in [6.45, 7) is -6.45. The fourth-order valence-corrected chi connectivity index (χ4v) is 12.1. The molecule has 0 radical (unpaired) electrons. The largest absolute Gasteiger partial charge is 0.394 e. The van der Waals surface area contributed by atoms with Crippen molar-refractivity contribution >= 4 is 11.8 Å². The molecule has 0 aliphatic carbocycles. The fourth-order valence-electron chi connectivity index (χ4n) is 12.1. The van der Waals surface area contributed by atoms with E-state index in [9.17, 15) is 132 Å². The zero-order valence-corrected chi connectivity index (χ0v) is 50.4. The molecule has 0 aromatic heterocycles. The van der Waals surface area contributed by atoms with Gasteiger partial charge in [-0.05, 0) is 0 Å². The lowest BCUT2D eigenvalue weighted by Gasteiger charge is -2.51. The summed E-state index contributed by atoms with van der Waals surface area (Å²) < 4.78 is 86.7. The van der Waals surface area contributed by atoms with Crippen molar-refractivity contribution in [3.8, 4) is 0 Å². The first-order valence-electron chi connectivity index (χ1n) is 30.1. The summed E-state index contributed by atoms with van der Waals surface area (Å²) in [4.78, 5) is 24.8. The molecule has 95 heavy (non-hydrogen) atoms. The lowest BCUT2D eigenvalue weighted by Crippen LogP contribution is -2.70. The number of rotatable bonds is 24. The molecule has 40 atom stereocenters. The molecule has 8 fully saturated rings. The average Bonchev–Trinajstić information content (AvgIpc) is 0.779. The SMILES string of the molecule is CC(=O)N[C@@H]1[C@@H](O)[C@H](O[C@@H]2O[C@H](CO)[C@@H](O[C@@H]3O[C@H](CO[C@H]4O[C@H](CO)[C@@H](O)[C@H](O[C@H]5O[C@H](CO)[C@@H](O)[C@H](O)[C@@H]5O[C@H]5O[C@H](CO)[C@@H](O)[C@H](O)[C@@H]5O)[C@@H]4O)[C@@H](O)[C@H](O[C@H]4O[C@H](CO)[C@@H](O)[C@H](O)[C@@H]4O[C@H]4O[C@H](CO)[C@@H](O)[C@H](O)[C@@H]4O)[C@@H]3O)[C@H](O)[C@H]2NC(C)=O)[C@@H](CO)O[C@H]1O. The monoisotopic (exact) mass is 1400 g/mol. The summed E-state index contributed by atoms with van der Waals surface area (Å²) in [6.07, 6.45) is -78.1. The Balaban J connectivity index is 1.10. The molecule has 8 heterocycles. The summed E-state index contributed by atoms with van der Waals surface area (Å²) >= 11 is 0. The van der Waals surface area contributed by atoms with E-state index >= 15 is 0 Å². The van der Waals surface area contributed by atoms with Crippen LogP contribution in [-0.4, -0.2) is 433 Å². The third-order valence-corrected chi connectivity index (χ3v) is 17.4. The van der Waals surface area contributed by atoms with E-state index in [2.05, 4.69) is 10.6 Å². The van der Waals surface area contributed by atoms with Crippen LogP contribution in [-0.2, 0) is 80.6 Å². The van der Waals surface area contributed by atoms with Crippen molar-refractivity contribution in [3.05, 3.63) is 0 Å². The average molecular weight is 1400 g/mol. The Labute approximate surface area is 536 Å². The maximum atomic E-state index is 12.8. The Bertz CT molecular complexity index is 2380. The lowest BCUT2D eigenvalue weighted by atomic mass is 9.94. The van der Waals surface area contributed by atoms with Gasteiger partial charge in [0.25, 0.3) is 0 Å². The second-order valence-corrected chi connectivity index (χ2v) is 23.9. The number of aliphatic hydroxyl groups is 24. The summed E-state index contributed by atoms with van der Waals surface area (Å²) in [5.74, 6) is -1.67. The van der Waals surface area contributed by atoms with Crippen molar-refractivity contribution in [2.45, 2.75) is 259 Å². The maximum absolute atomic E-state index is 12.8. The Morgan fingerprint density at radius 2 is 0.568 bits per heavy atom. The standard InChI is InChI=1S/C52H88N2O41/c1-11(62)53-21-29(70)39(18(8-60)82-45(21)80)90-46-22(54-12(2)63)30(71)40(19(9-61)88-46)91-50-38(79)42(93-52-44(34(75)26(67)16(6-58)87-52)95-49-36(77)32(73)24(65)14(4-56)85-49)28(69)20(89-50)10-81-47-37(78)41(27(68)17(7-59)83-47)92-51-43(33(74)25(66)15(5-57)86-51)94-48-35(76)31(72)23(64)13(3-55)84-48/h13-52,55-61,64-80H,3-10H2,1-2H3,(H,53,62)(H,54,63)/t13-,14-,15-,16-,17-,18-,19-,20-,21-,22-,23-,24-,25-,26-,27-,28-,29-,30-,31+,32+,33+,34+,35+,36+,37+,38+,39-,40-,41+,42+,43+,44+,45-,46+,47+,48-,49-,50+,51-,52-/m1/s1. The number of aliphatic hydroxyl groups excluding tert-OH is 24. The molecule has 2 amide bonds. The molecule has 43 nitrogen and oxygen atoms in total. The van der Waals surface area contributed by atoms with Gasteiger partial charge in [-0.25, -0.2) is 0 Å². The van der Waals surface area contributed by atoms with Crippen LogP contribution in [0.2, 0.25) is 0 Å². The van der Waals surface area contributed by atoms with Crippen LogP contribution in [0.4, 0.5) is 0 Å².